The van der Waals surface area contributed by atoms with E-state index in [4.69, 9.17) is 21.7 Å². The summed E-state index contributed by atoms with van der Waals surface area (Å²) in [5.41, 5.74) is 3.73. The van der Waals surface area contributed by atoms with Gasteiger partial charge in [-0.05, 0) is 55.4 Å². The molecule has 0 aromatic heterocycles. The number of rotatable bonds is 5. The number of nitrogens with one attached hydrogen (secondary N) is 2. The summed E-state index contributed by atoms with van der Waals surface area (Å²) in [7, 11) is 3.23. The van der Waals surface area contributed by atoms with Crippen molar-refractivity contribution < 1.29 is 9.47 Å². The van der Waals surface area contributed by atoms with Crippen LogP contribution in [0.1, 0.15) is 31.2 Å². The number of ether oxygens (including phenoxy) is 2. The lowest BCUT2D eigenvalue weighted by molar-refractivity contribution is 0.354. The van der Waals surface area contributed by atoms with E-state index in [0.29, 0.717) is 22.7 Å². The molecule has 2 aliphatic carbocycles. The summed E-state index contributed by atoms with van der Waals surface area (Å²) >= 11 is 5.34. The van der Waals surface area contributed by atoms with Crippen molar-refractivity contribution in [1.29, 1.82) is 0 Å². The molecule has 3 atom stereocenters. The minimum atomic E-state index is 0.510. The number of hydrazone groups is 1. The first-order valence-electron chi connectivity index (χ1n) is 8.01. The highest BCUT2D eigenvalue weighted by atomic mass is 32.1. The fourth-order valence-electron chi connectivity index (χ4n) is 3.80. The Bertz CT molecular complexity index is 606. The molecule has 2 bridgehead atoms. The van der Waals surface area contributed by atoms with Crippen LogP contribution < -0.4 is 20.2 Å². The van der Waals surface area contributed by atoms with Gasteiger partial charge in [0.05, 0.1) is 20.4 Å². The molecule has 0 amide bonds. The molecule has 1 aromatic carbocycles. The van der Waals surface area contributed by atoms with Crippen LogP contribution in [-0.2, 0) is 0 Å². The number of fused-ring (bicyclic) bond motifs is 2. The van der Waals surface area contributed by atoms with Crippen molar-refractivity contribution in [3.63, 3.8) is 0 Å². The second-order valence-electron chi connectivity index (χ2n) is 6.21. The number of thiocarbonyl (C=S) groups is 1. The standard InChI is InChI=1S/C17H23N3O2S/c1-21-15-5-3-4-13(16(15)22-2)10-18-20-17(23)19-14-9-11-6-7-12(14)8-11/h3-5,10-12,14H,6-9H2,1-2H3,(H2,19,20,23)/b18-10-/t11-,12-,14-/m1/s1. The predicted molar refractivity (Wildman–Crippen MR) is 95.2 cm³/mol. The van der Waals surface area contributed by atoms with Gasteiger partial charge < -0.3 is 14.8 Å². The summed E-state index contributed by atoms with van der Waals surface area (Å²) in [5.74, 6) is 3.01. The topological polar surface area (TPSA) is 54.9 Å². The Balaban J connectivity index is 1.55. The molecule has 3 rings (SSSR count). The smallest absolute Gasteiger partial charge is 0.187 e. The van der Waals surface area contributed by atoms with Crippen molar-refractivity contribution in [2.24, 2.45) is 16.9 Å². The number of hydrogen-bond donors (Lipinski definition) is 2. The number of benzene rings is 1. The molecule has 0 heterocycles. The van der Waals surface area contributed by atoms with E-state index in [1.807, 2.05) is 18.2 Å². The lowest BCUT2D eigenvalue weighted by atomic mass is 9.96. The number of nitrogens with zero attached hydrogens (tertiary/aromatic N) is 1. The zero-order valence-electron chi connectivity index (χ0n) is 13.5. The monoisotopic (exact) mass is 333 g/mol. The Morgan fingerprint density at radius 2 is 2.13 bits per heavy atom. The third-order valence-electron chi connectivity index (χ3n) is 4.86. The van der Waals surface area contributed by atoms with Crippen LogP contribution >= 0.6 is 12.2 Å². The van der Waals surface area contributed by atoms with Crippen molar-refractivity contribution in [3.05, 3.63) is 23.8 Å². The van der Waals surface area contributed by atoms with Crippen molar-refractivity contribution in [1.82, 2.24) is 10.7 Å². The van der Waals surface area contributed by atoms with Crippen LogP contribution in [-0.4, -0.2) is 31.6 Å². The molecule has 0 radical (unpaired) electrons. The summed E-state index contributed by atoms with van der Waals surface area (Å²) < 4.78 is 10.6. The molecular weight excluding hydrogens is 310 g/mol. The normalized spacial score (nSPS) is 25.6. The van der Waals surface area contributed by atoms with Crippen molar-refractivity contribution in [3.8, 4) is 11.5 Å². The van der Waals surface area contributed by atoms with Crippen LogP contribution in [0, 0.1) is 11.8 Å². The minimum Gasteiger partial charge on any atom is -0.493 e. The van der Waals surface area contributed by atoms with Crippen molar-refractivity contribution >= 4 is 23.5 Å². The lowest BCUT2D eigenvalue weighted by Crippen LogP contribution is -2.42. The molecule has 124 valence electrons. The van der Waals surface area contributed by atoms with E-state index in [0.717, 1.165) is 17.4 Å². The summed E-state index contributed by atoms with van der Waals surface area (Å²) in [4.78, 5) is 0. The van der Waals surface area contributed by atoms with Crippen LogP contribution in [0.2, 0.25) is 0 Å². The molecule has 0 aliphatic heterocycles. The Morgan fingerprint density at radius 3 is 2.78 bits per heavy atom. The maximum absolute atomic E-state index is 5.37. The van der Waals surface area contributed by atoms with Gasteiger partial charge in [-0.1, -0.05) is 12.5 Å². The Morgan fingerprint density at radius 1 is 1.26 bits per heavy atom. The van der Waals surface area contributed by atoms with E-state index >= 15 is 0 Å². The average Bonchev–Trinajstić information content (AvgIpc) is 3.17. The predicted octanol–water partition coefficient (Wildman–Crippen LogP) is 2.69. The van der Waals surface area contributed by atoms with E-state index in [2.05, 4.69) is 15.8 Å². The van der Waals surface area contributed by atoms with Crippen LogP contribution in [0.4, 0.5) is 0 Å². The van der Waals surface area contributed by atoms with Crippen LogP contribution in [0.5, 0.6) is 11.5 Å². The minimum absolute atomic E-state index is 0.510. The summed E-state index contributed by atoms with van der Waals surface area (Å²) in [6.07, 6.45) is 6.99. The average molecular weight is 333 g/mol. The van der Waals surface area contributed by atoms with E-state index in [9.17, 15) is 0 Å². The largest absolute Gasteiger partial charge is 0.493 e. The van der Waals surface area contributed by atoms with E-state index in [1.165, 1.54) is 25.7 Å². The highest BCUT2D eigenvalue weighted by Gasteiger charge is 2.39. The highest BCUT2D eigenvalue weighted by Crippen LogP contribution is 2.44. The molecule has 2 saturated carbocycles. The third kappa shape index (κ3) is 3.58. The van der Waals surface area contributed by atoms with Crippen LogP contribution in [0.15, 0.2) is 23.3 Å². The van der Waals surface area contributed by atoms with Gasteiger partial charge in [0.15, 0.2) is 16.6 Å². The Labute approximate surface area is 142 Å². The molecule has 2 N–H and O–H groups in total. The molecule has 23 heavy (non-hydrogen) atoms. The van der Waals surface area contributed by atoms with Gasteiger partial charge in [0.25, 0.3) is 0 Å². The van der Waals surface area contributed by atoms with Gasteiger partial charge in [-0.2, -0.15) is 5.10 Å². The Hall–Kier alpha value is -1.82. The van der Waals surface area contributed by atoms with E-state index < -0.39 is 0 Å². The summed E-state index contributed by atoms with van der Waals surface area (Å²) in [5, 5.41) is 8.20. The Kier molecular flexibility index (Phi) is 5.00. The van der Waals surface area contributed by atoms with Gasteiger partial charge in [-0.25, -0.2) is 0 Å². The van der Waals surface area contributed by atoms with Gasteiger partial charge in [0.2, 0.25) is 0 Å². The maximum Gasteiger partial charge on any atom is 0.187 e. The second kappa shape index (κ2) is 7.17. The molecule has 2 fully saturated rings. The van der Waals surface area contributed by atoms with Gasteiger partial charge in [-0.3, -0.25) is 5.43 Å². The molecule has 0 saturated heterocycles. The molecule has 5 nitrogen and oxygen atoms in total. The van der Waals surface area contributed by atoms with Gasteiger partial charge in [0.1, 0.15) is 0 Å². The first kappa shape index (κ1) is 16.1. The number of methoxy groups -OCH3 is 2. The van der Waals surface area contributed by atoms with Crippen LogP contribution in [0.25, 0.3) is 0 Å². The molecule has 0 unspecified atom stereocenters. The van der Waals surface area contributed by atoms with E-state index in [-0.39, 0.29) is 0 Å². The first-order chi connectivity index (χ1) is 11.2. The van der Waals surface area contributed by atoms with Gasteiger partial charge in [-0.15, -0.1) is 0 Å². The van der Waals surface area contributed by atoms with Gasteiger partial charge >= 0.3 is 0 Å². The third-order valence-corrected chi connectivity index (χ3v) is 5.07. The highest BCUT2D eigenvalue weighted by molar-refractivity contribution is 7.80. The molecule has 6 heteroatoms. The quantitative estimate of drug-likeness (QED) is 0.493. The first-order valence-corrected chi connectivity index (χ1v) is 8.42. The van der Waals surface area contributed by atoms with Crippen LogP contribution in [0.3, 0.4) is 0 Å². The zero-order chi connectivity index (χ0) is 16.2. The van der Waals surface area contributed by atoms with Gasteiger partial charge in [0, 0.05) is 11.6 Å². The molecule has 0 spiro atoms. The van der Waals surface area contributed by atoms with Crippen molar-refractivity contribution in [2.45, 2.75) is 31.7 Å². The SMILES string of the molecule is COc1cccc(/C=N\NC(=S)N[C@@H]2C[C@@H]3CC[C@@H]2C3)c1OC. The number of para-hydroxylation sites is 1. The van der Waals surface area contributed by atoms with E-state index in [1.54, 1.807) is 20.4 Å². The maximum atomic E-state index is 5.37. The summed E-state index contributed by atoms with van der Waals surface area (Å²) in [6.45, 7) is 0. The summed E-state index contributed by atoms with van der Waals surface area (Å²) in [6, 6.07) is 6.17. The fraction of sp³-hybridized carbons (Fsp3) is 0.529. The fourth-order valence-corrected chi connectivity index (χ4v) is 4.00. The number of hydrogen-bond acceptors (Lipinski definition) is 4. The molecule has 2 aliphatic rings. The van der Waals surface area contributed by atoms with Crippen molar-refractivity contribution in [2.75, 3.05) is 14.2 Å². The molecular formula is C17H23N3O2S. The second-order valence-corrected chi connectivity index (χ2v) is 6.62. The lowest BCUT2D eigenvalue weighted by Gasteiger charge is -2.23. The zero-order valence-corrected chi connectivity index (χ0v) is 14.4. The molecule has 1 aromatic rings.